The Kier molecular flexibility index (Phi) is 18.2. The molecule has 2 unspecified atom stereocenters. The number of hydrogen-bond acceptors (Lipinski definition) is 6. The molecule has 2 atom stereocenters. The van der Waals surface area contributed by atoms with Gasteiger partial charge in [0.1, 0.15) is 39.3 Å². The molecular weight excluding hydrogens is 524 g/mol. The summed E-state index contributed by atoms with van der Waals surface area (Å²) in [6, 6.07) is 0. The number of alkyl halides is 2. The summed E-state index contributed by atoms with van der Waals surface area (Å²) in [6.07, 6.45) is 8.16. The smallest absolute Gasteiger partial charge is 0.570 e. The second-order valence-corrected chi connectivity index (χ2v) is 14.2. The van der Waals surface area contributed by atoms with Gasteiger partial charge in [-0.25, -0.2) is 9.79 Å². The third kappa shape index (κ3) is 11.8. The lowest BCUT2D eigenvalue weighted by Crippen LogP contribution is -2.55. The average molecular weight is 581 g/mol. The zero-order chi connectivity index (χ0) is 28.6. The number of hydroxylamine groups is 6. The van der Waals surface area contributed by atoms with Crippen LogP contribution in [-0.2, 0) is 9.25 Å². The second kappa shape index (κ2) is 18.0. The lowest BCUT2D eigenvalue weighted by molar-refractivity contribution is -1.09. The van der Waals surface area contributed by atoms with E-state index in [1.165, 1.54) is 0 Å². The lowest BCUT2D eigenvalue weighted by Gasteiger charge is -2.42. The molecule has 0 aliphatic heterocycles. The molecule has 0 aliphatic carbocycles. The molecule has 0 saturated carbocycles. The molecule has 0 spiro atoms. The summed E-state index contributed by atoms with van der Waals surface area (Å²) in [5, 5.41) is -4.97. The Morgan fingerprint density at radius 1 is 0.541 bits per heavy atom. The van der Waals surface area contributed by atoms with E-state index in [2.05, 4.69) is 0 Å². The summed E-state index contributed by atoms with van der Waals surface area (Å²) in [7, 11) is -11.9. The highest BCUT2D eigenvalue weighted by atomic mass is 31.3. The quantitative estimate of drug-likeness (QED) is 0.0817. The molecule has 224 valence electrons. The van der Waals surface area contributed by atoms with Crippen molar-refractivity contribution in [2.45, 2.75) is 124 Å². The highest BCUT2D eigenvalue weighted by molar-refractivity contribution is 7.77. The average Bonchev–Trinajstić information content (AvgIpc) is 2.85. The molecule has 0 radical (unpaired) electrons. The fourth-order valence-electron chi connectivity index (χ4n) is 4.32. The molecule has 0 saturated heterocycles. The van der Waals surface area contributed by atoms with Crippen molar-refractivity contribution >= 4 is 15.9 Å². The van der Waals surface area contributed by atoms with E-state index in [1.807, 2.05) is 41.5 Å². The third-order valence-electron chi connectivity index (χ3n) is 6.76. The standard InChI is InChI=1S/C25H54F2N2O6P2/c1-7-13-19-28(20-14-8-2,21-15-9-3)34-36(30,31)25(26,27)37(32,33)35-29(22-16-10-4,23-17-11-5)24-18-12-6/h7-24H2,1-6H3/p+2. The molecule has 0 bridgehead atoms. The Labute approximate surface area is 226 Å². The molecule has 2 N–H and O–H groups in total. The van der Waals surface area contributed by atoms with E-state index in [1.54, 1.807) is 0 Å². The number of unbranched alkanes of at least 4 members (excludes halogenated alkanes) is 6. The highest BCUT2D eigenvalue weighted by Crippen LogP contribution is 2.80. The van der Waals surface area contributed by atoms with Gasteiger partial charge in [-0.15, -0.1) is 18.1 Å². The van der Waals surface area contributed by atoms with E-state index in [-0.39, 0.29) is 39.3 Å². The van der Waals surface area contributed by atoms with Gasteiger partial charge in [-0.3, -0.25) is 0 Å². The largest absolute Gasteiger partial charge is 0.618 e. The van der Waals surface area contributed by atoms with Crippen LogP contribution in [0, 0.1) is 0 Å². The Balaban J connectivity index is 6.30. The zero-order valence-electron chi connectivity index (χ0n) is 24.3. The Bertz CT molecular complexity index is 512. The molecule has 0 rings (SSSR count). The molecule has 0 aliphatic rings. The van der Waals surface area contributed by atoms with Crippen LogP contribution in [0.3, 0.4) is 0 Å². The minimum Gasteiger partial charge on any atom is -0.618 e. The number of halogens is 2. The van der Waals surface area contributed by atoms with Gasteiger partial charge < -0.3 is 9.79 Å². The molecule has 0 aromatic rings. The van der Waals surface area contributed by atoms with Crippen molar-refractivity contribution in [1.82, 2.24) is 0 Å². The van der Waals surface area contributed by atoms with Gasteiger partial charge in [0, 0.05) is 0 Å². The first-order valence-electron chi connectivity index (χ1n) is 14.5. The van der Waals surface area contributed by atoms with E-state index in [9.17, 15) is 19.6 Å². The van der Waals surface area contributed by atoms with Crippen LogP contribution in [0.15, 0.2) is 0 Å². The van der Waals surface area contributed by atoms with Crippen molar-refractivity contribution in [2.75, 3.05) is 39.3 Å². The van der Waals surface area contributed by atoms with Gasteiger partial charge in [0.15, 0.2) is 0 Å². The third-order valence-corrected chi connectivity index (χ3v) is 10.8. The first kappa shape index (κ1) is 37.4. The highest BCUT2D eigenvalue weighted by Gasteiger charge is 2.81. The summed E-state index contributed by atoms with van der Waals surface area (Å²) >= 11 is 0. The lowest BCUT2D eigenvalue weighted by atomic mass is 10.2. The minimum atomic E-state index is -5.93. The Hall–Kier alpha value is 0.400. The number of nitrogens with zero attached hydrogens (tertiary/aromatic N) is 2. The summed E-state index contributed by atoms with van der Waals surface area (Å²) in [5.74, 6) is 0. The van der Waals surface area contributed by atoms with E-state index in [0.717, 1.165) is 38.5 Å². The Morgan fingerprint density at radius 3 is 0.892 bits per heavy atom. The van der Waals surface area contributed by atoms with Gasteiger partial charge in [-0.2, -0.15) is 0 Å². The molecule has 0 aromatic heterocycles. The number of hydrogen-bond donors (Lipinski definition) is 2. The number of quaternary nitrogens is 2. The van der Waals surface area contributed by atoms with Crippen LogP contribution in [0.4, 0.5) is 8.78 Å². The van der Waals surface area contributed by atoms with Gasteiger partial charge in [0.2, 0.25) is 0 Å². The van der Waals surface area contributed by atoms with Gasteiger partial charge in [-0.1, -0.05) is 80.1 Å². The minimum absolute atomic E-state index is 0.275. The number of rotatable bonds is 24. The Morgan fingerprint density at radius 2 is 0.730 bits per heavy atom. The first-order chi connectivity index (χ1) is 17.3. The van der Waals surface area contributed by atoms with E-state index >= 15 is 8.78 Å². The van der Waals surface area contributed by atoms with Gasteiger partial charge in [0.05, 0.1) is 0 Å². The van der Waals surface area contributed by atoms with Crippen LogP contribution < -0.4 is 9.79 Å². The van der Waals surface area contributed by atoms with E-state index in [0.29, 0.717) is 38.5 Å². The molecule has 0 fully saturated rings. The van der Waals surface area contributed by atoms with Crippen molar-refractivity contribution in [3.8, 4) is 0 Å². The molecule has 37 heavy (non-hydrogen) atoms. The normalized spacial score (nSPS) is 16.5. The fourth-order valence-corrected chi connectivity index (χ4v) is 7.44. The van der Waals surface area contributed by atoms with Crippen LogP contribution in [0.5, 0.6) is 0 Å². The molecule has 8 nitrogen and oxygen atoms in total. The van der Waals surface area contributed by atoms with Gasteiger partial charge in [0.25, 0.3) is 0 Å². The predicted molar refractivity (Wildman–Crippen MR) is 145 cm³/mol. The van der Waals surface area contributed by atoms with Crippen LogP contribution in [0.2, 0.25) is 0 Å². The SMILES string of the molecule is CCCC[N+](CCCC)(CCCC)O[P+]([O-])(O)C(F)(F)[P+]([O-])(O)O[N+](CCCC)(CCCC)CCCC. The first-order valence-corrected chi connectivity index (χ1v) is 17.6. The maximum atomic E-state index is 15.7. The summed E-state index contributed by atoms with van der Waals surface area (Å²) in [6.45, 7) is 13.3. The maximum Gasteiger partial charge on any atom is 0.570 e. The van der Waals surface area contributed by atoms with Crippen molar-refractivity contribution in [3.05, 3.63) is 0 Å². The summed E-state index contributed by atoms with van der Waals surface area (Å²) in [4.78, 5) is 47.9. The summed E-state index contributed by atoms with van der Waals surface area (Å²) in [5.41, 5.74) is 0. The molecular formula is C25H56F2N2O6P2+2. The van der Waals surface area contributed by atoms with Crippen molar-refractivity contribution in [3.63, 3.8) is 0 Å². The predicted octanol–water partition coefficient (Wildman–Crippen LogP) is 6.06. The van der Waals surface area contributed by atoms with Crippen molar-refractivity contribution in [2.24, 2.45) is 0 Å². The van der Waals surface area contributed by atoms with Gasteiger partial charge >= 0.3 is 21.3 Å². The molecule has 12 heteroatoms. The van der Waals surface area contributed by atoms with Crippen LogP contribution in [0.25, 0.3) is 0 Å². The van der Waals surface area contributed by atoms with Crippen LogP contribution in [-0.4, -0.2) is 63.8 Å². The molecule has 0 heterocycles. The van der Waals surface area contributed by atoms with Crippen molar-refractivity contribution < 1.29 is 46.9 Å². The fraction of sp³-hybridized carbons (Fsp3) is 1.00. The molecule has 0 amide bonds. The second-order valence-electron chi connectivity index (χ2n) is 10.3. The zero-order valence-corrected chi connectivity index (χ0v) is 26.1. The van der Waals surface area contributed by atoms with E-state index < -0.39 is 30.6 Å². The summed E-state index contributed by atoms with van der Waals surface area (Å²) < 4.78 is 41.3. The monoisotopic (exact) mass is 580 g/mol. The molecule has 0 aromatic carbocycles. The topological polar surface area (TPSA) is 105 Å². The van der Waals surface area contributed by atoms with Crippen molar-refractivity contribution in [1.29, 1.82) is 0 Å². The van der Waals surface area contributed by atoms with E-state index in [4.69, 9.17) is 9.25 Å². The van der Waals surface area contributed by atoms with Gasteiger partial charge in [-0.05, 0) is 47.8 Å². The van der Waals surface area contributed by atoms with Crippen LogP contribution in [0.1, 0.15) is 119 Å². The van der Waals surface area contributed by atoms with Crippen LogP contribution >= 0.6 is 15.9 Å². The maximum absolute atomic E-state index is 15.7.